The number of aryl methyl sites for hydroxylation is 1. The first-order valence-electron chi connectivity index (χ1n) is 10.2. The summed E-state index contributed by atoms with van der Waals surface area (Å²) < 4.78 is 26.0. The van der Waals surface area contributed by atoms with Crippen molar-refractivity contribution in [2.75, 3.05) is 5.32 Å². The highest BCUT2D eigenvalue weighted by molar-refractivity contribution is 8.00. The number of carbonyl (C=O) groups is 2. The molecular formula is C22H26N4O4S2. The fourth-order valence-corrected chi connectivity index (χ4v) is 4.80. The molecule has 2 N–H and O–H groups in total. The van der Waals surface area contributed by atoms with Crippen molar-refractivity contribution in [3.63, 3.8) is 0 Å². The van der Waals surface area contributed by atoms with Gasteiger partial charge < -0.3 is 5.32 Å². The summed E-state index contributed by atoms with van der Waals surface area (Å²) in [6.07, 6.45) is 3.35. The van der Waals surface area contributed by atoms with Gasteiger partial charge in [0.2, 0.25) is 11.8 Å². The third-order valence-corrected chi connectivity index (χ3v) is 7.27. The third-order valence-electron chi connectivity index (χ3n) is 4.45. The Hall–Kier alpha value is -2.90. The van der Waals surface area contributed by atoms with E-state index in [-0.39, 0.29) is 10.8 Å². The van der Waals surface area contributed by atoms with E-state index in [0.717, 1.165) is 31.9 Å². The van der Waals surface area contributed by atoms with Gasteiger partial charge in [0.1, 0.15) is 11.1 Å². The molecule has 0 fully saturated rings. The first kappa shape index (κ1) is 25.4. The molecule has 1 atom stereocenters. The Morgan fingerprint density at radius 3 is 2.41 bits per heavy atom. The fraction of sp³-hybridized carbons (Fsp3) is 0.364. The average Bonchev–Trinajstić information content (AvgIpc) is 2.75. The highest BCUT2D eigenvalue weighted by atomic mass is 32.2. The zero-order valence-electron chi connectivity index (χ0n) is 18.2. The molecule has 2 amide bonds. The van der Waals surface area contributed by atoms with Gasteiger partial charge in [-0.2, -0.15) is 5.26 Å². The number of nitriles is 1. The number of pyridine rings is 1. The summed E-state index contributed by atoms with van der Waals surface area (Å²) in [5, 5.41) is 12.2. The van der Waals surface area contributed by atoms with Crippen LogP contribution in [0, 0.1) is 11.3 Å². The van der Waals surface area contributed by atoms with Crippen molar-refractivity contribution in [1.29, 1.82) is 5.26 Å². The maximum atomic E-state index is 12.8. The summed E-state index contributed by atoms with van der Waals surface area (Å²) in [5.74, 6) is -0.964. The van der Waals surface area contributed by atoms with E-state index in [2.05, 4.69) is 23.3 Å². The van der Waals surface area contributed by atoms with Gasteiger partial charge in [0.15, 0.2) is 0 Å². The number of nitrogens with one attached hydrogen (secondary N) is 2. The minimum atomic E-state index is -3.94. The fourth-order valence-electron chi connectivity index (χ4n) is 2.80. The van der Waals surface area contributed by atoms with Crippen LogP contribution in [0.1, 0.15) is 51.3 Å². The molecule has 0 aliphatic heterocycles. The molecule has 0 aliphatic rings. The quantitative estimate of drug-likeness (QED) is 0.503. The van der Waals surface area contributed by atoms with E-state index in [4.69, 9.17) is 0 Å². The number of anilines is 1. The van der Waals surface area contributed by atoms with Gasteiger partial charge in [0.05, 0.1) is 15.7 Å². The van der Waals surface area contributed by atoms with Gasteiger partial charge in [0.25, 0.3) is 10.0 Å². The number of thioether (sulfide) groups is 1. The minimum Gasteiger partial charge on any atom is -0.325 e. The van der Waals surface area contributed by atoms with E-state index in [1.165, 1.54) is 36.0 Å². The first-order chi connectivity index (χ1) is 15.2. The summed E-state index contributed by atoms with van der Waals surface area (Å²) in [6, 6.07) is 11.2. The second kappa shape index (κ2) is 11.6. The largest absolute Gasteiger partial charge is 0.325 e. The van der Waals surface area contributed by atoms with E-state index in [1.54, 1.807) is 6.07 Å². The molecular weight excluding hydrogens is 448 g/mol. The second-order valence-electron chi connectivity index (χ2n) is 7.06. The number of hydrogen-bond acceptors (Lipinski definition) is 7. The number of rotatable bonds is 10. The van der Waals surface area contributed by atoms with Crippen molar-refractivity contribution >= 4 is 39.3 Å². The van der Waals surface area contributed by atoms with Gasteiger partial charge in [-0.1, -0.05) is 32.0 Å². The van der Waals surface area contributed by atoms with Gasteiger partial charge >= 0.3 is 0 Å². The minimum absolute atomic E-state index is 0.0844. The van der Waals surface area contributed by atoms with Crippen LogP contribution in [0.15, 0.2) is 46.3 Å². The predicted molar refractivity (Wildman–Crippen MR) is 124 cm³/mol. The maximum Gasteiger partial charge on any atom is 0.264 e. The number of hydrogen-bond donors (Lipinski definition) is 2. The Balaban J connectivity index is 2.14. The summed E-state index contributed by atoms with van der Waals surface area (Å²) in [5.41, 5.74) is 1.73. The molecule has 170 valence electrons. The van der Waals surface area contributed by atoms with Crippen LogP contribution in [-0.2, 0) is 26.0 Å². The Kier molecular flexibility index (Phi) is 9.23. The molecule has 1 heterocycles. The Labute approximate surface area is 192 Å². The van der Waals surface area contributed by atoms with Crippen LogP contribution in [0.4, 0.5) is 5.69 Å². The molecule has 0 spiro atoms. The van der Waals surface area contributed by atoms with Crippen molar-refractivity contribution in [1.82, 2.24) is 9.71 Å². The number of aromatic nitrogens is 1. The lowest BCUT2D eigenvalue weighted by atomic mass is 10.2. The Morgan fingerprint density at radius 2 is 1.84 bits per heavy atom. The molecule has 0 radical (unpaired) electrons. The van der Waals surface area contributed by atoms with E-state index >= 15 is 0 Å². The van der Waals surface area contributed by atoms with Crippen LogP contribution in [0.25, 0.3) is 0 Å². The molecule has 1 aromatic carbocycles. The van der Waals surface area contributed by atoms with Crippen LogP contribution in [0.5, 0.6) is 0 Å². The first-order valence-corrected chi connectivity index (χ1v) is 12.6. The van der Waals surface area contributed by atoms with Crippen molar-refractivity contribution in [3.05, 3.63) is 47.7 Å². The monoisotopic (exact) mass is 474 g/mol. The smallest absolute Gasteiger partial charge is 0.264 e. The normalized spacial score (nSPS) is 11.9. The van der Waals surface area contributed by atoms with E-state index in [1.807, 2.05) is 17.7 Å². The molecule has 0 saturated heterocycles. The molecule has 0 bridgehead atoms. The van der Waals surface area contributed by atoms with Crippen LogP contribution in [-0.4, -0.2) is 30.5 Å². The predicted octanol–water partition coefficient (Wildman–Crippen LogP) is 3.63. The van der Waals surface area contributed by atoms with Crippen LogP contribution >= 0.6 is 11.8 Å². The molecule has 1 unspecified atom stereocenters. The SMILES string of the molecule is CCCCc1ccc(C#N)c(SC(CC)C(=O)Nc2ccc(S(=O)(=O)NC(C)=O)cc2)n1. The lowest BCUT2D eigenvalue weighted by molar-refractivity contribution is -0.117. The molecule has 8 nitrogen and oxygen atoms in total. The standard InChI is InChI=1S/C22H26N4O4S2/c1-4-6-7-17-9-8-16(14-23)22(25-17)31-20(5-2)21(28)24-18-10-12-19(13-11-18)32(29,30)26-15(3)27/h8-13,20H,4-7H2,1-3H3,(H,24,28)(H,26,27). The highest BCUT2D eigenvalue weighted by Gasteiger charge is 2.21. The summed E-state index contributed by atoms with van der Waals surface area (Å²) in [6.45, 7) is 5.08. The molecule has 2 aromatic rings. The molecule has 32 heavy (non-hydrogen) atoms. The maximum absolute atomic E-state index is 12.8. The van der Waals surface area contributed by atoms with Crippen molar-refractivity contribution in [2.45, 2.75) is 61.6 Å². The third kappa shape index (κ3) is 7.07. The van der Waals surface area contributed by atoms with Crippen molar-refractivity contribution in [3.8, 4) is 6.07 Å². The number of benzene rings is 1. The number of nitrogens with zero attached hydrogens (tertiary/aromatic N) is 2. The number of unbranched alkanes of at least 4 members (excludes halogenated alkanes) is 1. The molecule has 0 aliphatic carbocycles. The number of sulfonamides is 1. The number of carbonyl (C=O) groups excluding carboxylic acids is 2. The van der Waals surface area contributed by atoms with Crippen molar-refractivity contribution in [2.24, 2.45) is 0 Å². The lowest BCUT2D eigenvalue weighted by Gasteiger charge is -2.16. The zero-order chi connectivity index (χ0) is 23.7. The Bertz CT molecular complexity index is 1110. The van der Waals surface area contributed by atoms with Gasteiger partial charge in [0, 0.05) is 18.3 Å². The molecule has 2 rings (SSSR count). The van der Waals surface area contributed by atoms with Crippen LogP contribution in [0.2, 0.25) is 0 Å². The lowest BCUT2D eigenvalue weighted by Crippen LogP contribution is -2.28. The molecule has 1 aromatic heterocycles. The molecule has 10 heteroatoms. The van der Waals surface area contributed by atoms with Crippen LogP contribution < -0.4 is 10.0 Å². The Morgan fingerprint density at radius 1 is 1.16 bits per heavy atom. The van der Waals surface area contributed by atoms with Gasteiger partial charge in [-0.05, 0) is 55.7 Å². The van der Waals surface area contributed by atoms with Crippen LogP contribution in [0.3, 0.4) is 0 Å². The summed E-state index contributed by atoms with van der Waals surface area (Å²) in [4.78, 5) is 28.4. The summed E-state index contributed by atoms with van der Waals surface area (Å²) in [7, 11) is -3.94. The topological polar surface area (TPSA) is 129 Å². The van der Waals surface area contributed by atoms with Gasteiger partial charge in [-0.25, -0.2) is 18.1 Å². The number of amides is 2. The van der Waals surface area contributed by atoms with Gasteiger partial charge in [-0.3, -0.25) is 9.59 Å². The second-order valence-corrected chi connectivity index (χ2v) is 9.93. The van der Waals surface area contributed by atoms with E-state index < -0.39 is 21.2 Å². The van der Waals surface area contributed by atoms with Crippen molar-refractivity contribution < 1.29 is 18.0 Å². The zero-order valence-corrected chi connectivity index (χ0v) is 19.8. The van der Waals surface area contributed by atoms with E-state index in [0.29, 0.717) is 22.7 Å². The summed E-state index contributed by atoms with van der Waals surface area (Å²) >= 11 is 1.24. The van der Waals surface area contributed by atoms with Gasteiger partial charge in [-0.15, -0.1) is 0 Å². The molecule has 0 saturated carbocycles. The highest BCUT2D eigenvalue weighted by Crippen LogP contribution is 2.28. The average molecular weight is 475 g/mol. The van der Waals surface area contributed by atoms with E-state index in [9.17, 15) is 23.3 Å².